The normalized spacial score (nSPS) is 10.9. The number of H-pyrrole nitrogens is 1. The van der Waals surface area contributed by atoms with Crippen LogP contribution in [0.5, 0.6) is 0 Å². The molecule has 0 aliphatic carbocycles. The largest absolute Gasteiger partial charge is 0.372 e. The molecule has 0 aliphatic heterocycles. The van der Waals surface area contributed by atoms with Gasteiger partial charge in [0.05, 0.1) is 11.2 Å². The molecule has 3 nitrogen and oxygen atoms in total. The zero-order valence-corrected chi connectivity index (χ0v) is 9.25. The molecular formula is C12H17N3. The average molecular weight is 203 g/mol. The summed E-state index contributed by atoms with van der Waals surface area (Å²) in [5.74, 6) is 0. The average Bonchev–Trinajstić information content (AvgIpc) is 2.57. The maximum absolute atomic E-state index is 5.56. The van der Waals surface area contributed by atoms with E-state index >= 15 is 0 Å². The van der Waals surface area contributed by atoms with E-state index in [1.54, 1.807) is 0 Å². The number of hydrogen-bond donors (Lipinski definition) is 2. The summed E-state index contributed by atoms with van der Waals surface area (Å²) in [6.45, 7) is 3.62. The highest BCUT2D eigenvalue weighted by Gasteiger charge is 2.06. The second-order valence-electron chi connectivity index (χ2n) is 3.90. The molecule has 0 saturated carbocycles. The lowest BCUT2D eigenvalue weighted by Crippen LogP contribution is -2.25. The molecule has 2 rings (SSSR count). The van der Waals surface area contributed by atoms with Gasteiger partial charge in [0.15, 0.2) is 0 Å². The van der Waals surface area contributed by atoms with E-state index in [2.05, 4.69) is 48.1 Å². The van der Waals surface area contributed by atoms with Gasteiger partial charge >= 0.3 is 0 Å². The topological polar surface area (TPSA) is 45.0 Å². The highest BCUT2D eigenvalue weighted by Crippen LogP contribution is 2.25. The first kappa shape index (κ1) is 10.1. The number of nitrogens with two attached hydrogens (primary N) is 1. The Bertz CT molecular complexity index is 459. The van der Waals surface area contributed by atoms with Gasteiger partial charge in [-0.2, -0.15) is 0 Å². The summed E-state index contributed by atoms with van der Waals surface area (Å²) in [5.41, 5.74) is 9.17. The van der Waals surface area contributed by atoms with Crippen LogP contribution in [0, 0.1) is 6.92 Å². The van der Waals surface area contributed by atoms with Crippen molar-refractivity contribution in [2.24, 2.45) is 5.73 Å². The summed E-state index contributed by atoms with van der Waals surface area (Å²) >= 11 is 0. The van der Waals surface area contributed by atoms with Crippen LogP contribution in [0.1, 0.15) is 5.69 Å². The van der Waals surface area contributed by atoms with Crippen LogP contribution < -0.4 is 10.6 Å². The Morgan fingerprint density at radius 1 is 1.40 bits per heavy atom. The van der Waals surface area contributed by atoms with E-state index in [9.17, 15) is 0 Å². The number of nitrogens with zero attached hydrogens (tertiary/aromatic N) is 1. The number of aromatic amines is 1. The molecule has 0 aliphatic rings. The highest BCUT2D eigenvalue weighted by molar-refractivity contribution is 5.92. The molecule has 15 heavy (non-hydrogen) atoms. The van der Waals surface area contributed by atoms with Gasteiger partial charge in [-0.25, -0.2) is 0 Å². The lowest BCUT2D eigenvalue weighted by atomic mass is 10.2. The van der Waals surface area contributed by atoms with Crippen molar-refractivity contribution in [3.05, 3.63) is 30.0 Å². The van der Waals surface area contributed by atoms with Crippen LogP contribution in [0.15, 0.2) is 24.3 Å². The lowest BCUT2D eigenvalue weighted by Gasteiger charge is -2.18. The maximum atomic E-state index is 5.56. The molecule has 0 atom stereocenters. The summed E-state index contributed by atoms with van der Waals surface area (Å²) in [7, 11) is 2.07. The van der Waals surface area contributed by atoms with Crippen LogP contribution in [0.3, 0.4) is 0 Å². The van der Waals surface area contributed by atoms with Gasteiger partial charge in [0.25, 0.3) is 0 Å². The summed E-state index contributed by atoms with van der Waals surface area (Å²) < 4.78 is 0. The van der Waals surface area contributed by atoms with E-state index in [1.807, 2.05) is 0 Å². The van der Waals surface area contributed by atoms with E-state index in [-0.39, 0.29) is 0 Å². The van der Waals surface area contributed by atoms with E-state index < -0.39 is 0 Å². The van der Waals surface area contributed by atoms with Gasteiger partial charge in [-0.15, -0.1) is 0 Å². The minimum absolute atomic E-state index is 0.673. The standard InChI is InChI=1S/C12H17N3/c1-9-8-10-4-3-5-11(12(10)14-9)15(2)7-6-13/h3-5,8,14H,6-7,13H2,1-2H3. The van der Waals surface area contributed by atoms with Gasteiger partial charge in [-0.05, 0) is 19.1 Å². The van der Waals surface area contributed by atoms with Crippen molar-refractivity contribution < 1.29 is 0 Å². The summed E-state index contributed by atoms with van der Waals surface area (Å²) in [6.07, 6.45) is 0. The molecule has 1 aromatic heterocycles. The number of benzene rings is 1. The quantitative estimate of drug-likeness (QED) is 0.800. The zero-order valence-electron chi connectivity index (χ0n) is 9.25. The number of para-hydroxylation sites is 1. The van der Waals surface area contributed by atoms with Crippen molar-refractivity contribution in [1.82, 2.24) is 4.98 Å². The maximum Gasteiger partial charge on any atom is 0.0693 e. The minimum atomic E-state index is 0.673. The summed E-state index contributed by atoms with van der Waals surface area (Å²) in [4.78, 5) is 5.56. The Hall–Kier alpha value is -1.48. The van der Waals surface area contributed by atoms with E-state index in [4.69, 9.17) is 5.73 Å². The Balaban J connectivity index is 2.50. The fourth-order valence-electron chi connectivity index (χ4n) is 1.91. The second-order valence-corrected chi connectivity index (χ2v) is 3.90. The highest BCUT2D eigenvalue weighted by atomic mass is 15.1. The minimum Gasteiger partial charge on any atom is -0.372 e. The van der Waals surface area contributed by atoms with Crippen LogP contribution in [0.2, 0.25) is 0 Å². The molecule has 0 bridgehead atoms. The van der Waals surface area contributed by atoms with Crippen LogP contribution in [-0.2, 0) is 0 Å². The van der Waals surface area contributed by atoms with Crippen LogP contribution >= 0.6 is 0 Å². The van der Waals surface area contributed by atoms with Crippen LogP contribution in [0.25, 0.3) is 10.9 Å². The number of nitrogens with one attached hydrogen (secondary N) is 1. The monoisotopic (exact) mass is 203 g/mol. The third-order valence-electron chi connectivity index (χ3n) is 2.64. The zero-order chi connectivity index (χ0) is 10.8. The second kappa shape index (κ2) is 3.95. The van der Waals surface area contributed by atoms with Gasteiger partial charge in [0.2, 0.25) is 0 Å². The van der Waals surface area contributed by atoms with Gasteiger partial charge in [-0.1, -0.05) is 12.1 Å². The molecule has 2 aromatic rings. The number of fused-ring (bicyclic) bond motifs is 1. The number of hydrogen-bond acceptors (Lipinski definition) is 2. The van der Waals surface area contributed by atoms with E-state index in [0.717, 1.165) is 6.54 Å². The number of anilines is 1. The molecule has 0 fully saturated rings. The SMILES string of the molecule is Cc1cc2cccc(N(C)CCN)c2[nH]1. The molecule has 0 amide bonds. The van der Waals surface area contributed by atoms with Gasteiger partial charge in [-0.3, -0.25) is 0 Å². The molecule has 0 unspecified atom stereocenters. The summed E-state index contributed by atoms with van der Waals surface area (Å²) in [6, 6.07) is 8.49. The molecule has 0 radical (unpaired) electrons. The predicted molar refractivity (Wildman–Crippen MR) is 65.4 cm³/mol. The fraction of sp³-hybridized carbons (Fsp3) is 0.333. The van der Waals surface area contributed by atoms with Gasteiger partial charge in [0.1, 0.15) is 0 Å². The van der Waals surface area contributed by atoms with E-state index in [0.29, 0.717) is 6.54 Å². The van der Waals surface area contributed by atoms with E-state index in [1.165, 1.54) is 22.3 Å². The first-order valence-electron chi connectivity index (χ1n) is 5.22. The Kier molecular flexibility index (Phi) is 2.64. The fourth-order valence-corrected chi connectivity index (χ4v) is 1.91. The molecule has 1 aromatic carbocycles. The van der Waals surface area contributed by atoms with Crippen molar-refractivity contribution >= 4 is 16.6 Å². The van der Waals surface area contributed by atoms with Crippen molar-refractivity contribution in [1.29, 1.82) is 0 Å². The predicted octanol–water partition coefficient (Wildman–Crippen LogP) is 1.87. The number of aromatic nitrogens is 1. The third kappa shape index (κ3) is 1.83. The lowest BCUT2D eigenvalue weighted by molar-refractivity contribution is 0.888. The van der Waals surface area contributed by atoms with Crippen molar-refractivity contribution in [3.63, 3.8) is 0 Å². The Morgan fingerprint density at radius 2 is 2.20 bits per heavy atom. The molecule has 3 N–H and O–H groups in total. The molecule has 80 valence electrons. The van der Waals surface area contributed by atoms with Crippen molar-refractivity contribution in [3.8, 4) is 0 Å². The van der Waals surface area contributed by atoms with Gasteiger partial charge in [0, 0.05) is 31.2 Å². The van der Waals surface area contributed by atoms with Crippen molar-refractivity contribution in [2.75, 3.05) is 25.0 Å². The third-order valence-corrected chi connectivity index (χ3v) is 2.64. The van der Waals surface area contributed by atoms with Crippen LogP contribution in [0.4, 0.5) is 5.69 Å². The molecule has 0 spiro atoms. The number of aryl methyl sites for hydroxylation is 1. The molecule has 3 heteroatoms. The van der Waals surface area contributed by atoms with Gasteiger partial charge < -0.3 is 15.6 Å². The van der Waals surface area contributed by atoms with Crippen LogP contribution in [-0.4, -0.2) is 25.1 Å². The first-order chi connectivity index (χ1) is 7.22. The first-order valence-corrected chi connectivity index (χ1v) is 5.22. The Morgan fingerprint density at radius 3 is 2.93 bits per heavy atom. The number of rotatable bonds is 3. The molecule has 0 saturated heterocycles. The van der Waals surface area contributed by atoms with Crippen molar-refractivity contribution in [2.45, 2.75) is 6.92 Å². The Labute approximate surface area is 89.9 Å². The summed E-state index contributed by atoms with van der Waals surface area (Å²) in [5, 5.41) is 1.26. The smallest absolute Gasteiger partial charge is 0.0693 e. The number of likely N-dealkylation sites (N-methyl/N-ethyl adjacent to an activating group) is 1. The molecular weight excluding hydrogens is 186 g/mol. The molecule has 1 heterocycles.